The summed E-state index contributed by atoms with van der Waals surface area (Å²) in [6, 6.07) is 33.9. The molecule has 0 radical (unpaired) electrons. The molecule has 0 saturated carbocycles. The van der Waals surface area contributed by atoms with Crippen LogP contribution in [0.2, 0.25) is 5.02 Å². The highest BCUT2D eigenvalue weighted by Gasteiger charge is 2.20. The number of nitriles is 1. The van der Waals surface area contributed by atoms with Gasteiger partial charge < -0.3 is 5.32 Å². The van der Waals surface area contributed by atoms with E-state index in [1.54, 1.807) is 36.4 Å². The lowest BCUT2D eigenvalue weighted by atomic mass is 9.95. The molecule has 0 bridgehead atoms. The molecule has 9 heteroatoms. The summed E-state index contributed by atoms with van der Waals surface area (Å²) in [6.45, 7) is 0. The van der Waals surface area contributed by atoms with Crippen LogP contribution in [0.15, 0.2) is 114 Å². The summed E-state index contributed by atoms with van der Waals surface area (Å²) < 4.78 is 28.1. The average Bonchev–Trinajstić information content (AvgIpc) is 2.95. The lowest BCUT2D eigenvalue weighted by molar-refractivity contribution is 0.601. The monoisotopic (exact) mass is 537 g/mol. The fourth-order valence-electron chi connectivity index (χ4n) is 3.90. The van der Waals surface area contributed by atoms with Gasteiger partial charge in [-0.2, -0.15) is 5.26 Å². The topological polar surface area (TPSA) is 108 Å². The van der Waals surface area contributed by atoms with Gasteiger partial charge in [-0.05, 0) is 54.1 Å². The predicted octanol–water partition coefficient (Wildman–Crippen LogP) is 6.88. The first kappa shape index (κ1) is 25.0. The fraction of sp³-hybridized carbons (Fsp3) is 0. The Morgan fingerprint density at radius 2 is 1.29 bits per heavy atom. The van der Waals surface area contributed by atoms with Gasteiger partial charge in [-0.15, -0.1) is 10.2 Å². The molecule has 7 nitrogen and oxygen atoms in total. The highest BCUT2D eigenvalue weighted by molar-refractivity contribution is 7.92. The van der Waals surface area contributed by atoms with E-state index < -0.39 is 10.0 Å². The number of rotatable bonds is 7. The van der Waals surface area contributed by atoms with Crippen LogP contribution in [0.4, 0.5) is 17.2 Å². The summed E-state index contributed by atoms with van der Waals surface area (Å²) >= 11 is 5.88. The third-order valence-corrected chi connectivity index (χ3v) is 7.37. The van der Waals surface area contributed by atoms with E-state index in [-0.39, 0.29) is 10.7 Å². The predicted molar refractivity (Wildman–Crippen MR) is 150 cm³/mol. The van der Waals surface area contributed by atoms with E-state index in [4.69, 9.17) is 11.6 Å². The Morgan fingerprint density at radius 3 is 1.89 bits per heavy atom. The largest absolute Gasteiger partial charge is 0.338 e. The average molecular weight is 538 g/mol. The summed E-state index contributed by atoms with van der Waals surface area (Å²) in [6.07, 6.45) is 0. The number of aromatic nitrogens is 2. The number of hydrogen-bond donors (Lipinski definition) is 2. The van der Waals surface area contributed by atoms with Gasteiger partial charge in [-0.25, -0.2) is 8.42 Å². The van der Waals surface area contributed by atoms with E-state index in [2.05, 4.69) is 26.3 Å². The summed E-state index contributed by atoms with van der Waals surface area (Å²) in [5.74, 6) is 0.265. The van der Waals surface area contributed by atoms with Gasteiger partial charge >= 0.3 is 0 Å². The van der Waals surface area contributed by atoms with Gasteiger partial charge in [-0.1, -0.05) is 72.3 Å². The van der Waals surface area contributed by atoms with Crippen LogP contribution in [0.3, 0.4) is 0 Å². The molecule has 5 rings (SSSR count). The molecule has 1 heterocycles. The Hall–Kier alpha value is -4.71. The molecule has 0 atom stereocenters. The van der Waals surface area contributed by atoms with Gasteiger partial charge in [0.1, 0.15) is 17.3 Å². The van der Waals surface area contributed by atoms with Gasteiger partial charge in [-0.3, -0.25) is 4.72 Å². The molecule has 5 aromatic rings. The second-order valence-electron chi connectivity index (χ2n) is 8.25. The zero-order chi connectivity index (χ0) is 26.5. The molecule has 186 valence electrons. The van der Waals surface area contributed by atoms with Crippen molar-refractivity contribution in [3.05, 3.63) is 120 Å². The SMILES string of the molecule is N#Cc1c(Nc2ccc(S(=O)(=O)Nc3ccc(Cl)cc3)cc2)nnc(-c2ccccc2)c1-c1ccccc1. The first-order valence-electron chi connectivity index (χ1n) is 11.5. The van der Waals surface area contributed by atoms with E-state index in [0.29, 0.717) is 33.2 Å². The van der Waals surface area contributed by atoms with Crippen molar-refractivity contribution in [1.82, 2.24) is 10.2 Å². The molecule has 0 fully saturated rings. The summed E-state index contributed by atoms with van der Waals surface area (Å²) in [5, 5.41) is 22.6. The van der Waals surface area contributed by atoms with Crippen molar-refractivity contribution in [2.24, 2.45) is 0 Å². The first-order chi connectivity index (χ1) is 18.4. The van der Waals surface area contributed by atoms with E-state index in [9.17, 15) is 13.7 Å². The van der Waals surface area contributed by atoms with Gasteiger partial charge in [0.05, 0.1) is 4.90 Å². The lowest BCUT2D eigenvalue weighted by Crippen LogP contribution is -2.12. The Bertz CT molecular complexity index is 1720. The molecular formula is C29H20ClN5O2S. The molecule has 38 heavy (non-hydrogen) atoms. The first-order valence-corrected chi connectivity index (χ1v) is 13.4. The minimum atomic E-state index is -3.81. The number of halogens is 1. The van der Waals surface area contributed by atoms with Gasteiger partial charge in [0.25, 0.3) is 10.0 Å². The van der Waals surface area contributed by atoms with Gasteiger partial charge in [0.2, 0.25) is 0 Å². The molecule has 2 N–H and O–H groups in total. The number of benzene rings is 4. The van der Waals surface area contributed by atoms with Crippen LogP contribution >= 0.6 is 11.6 Å². The van der Waals surface area contributed by atoms with E-state index >= 15 is 0 Å². The highest BCUT2D eigenvalue weighted by atomic mass is 35.5. The standard InChI is InChI=1S/C29H20ClN5O2S/c30-22-11-13-24(14-12-22)35-38(36,37)25-17-15-23(16-18-25)32-29-26(19-31)27(20-7-3-1-4-8-20)28(33-34-29)21-9-5-2-6-10-21/h1-18,35H,(H,32,34). The van der Waals surface area contributed by atoms with Gasteiger partial charge in [0, 0.05) is 27.5 Å². The molecule has 0 saturated heterocycles. The van der Waals surface area contributed by atoms with E-state index in [1.165, 1.54) is 12.1 Å². The summed E-state index contributed by atoms with van der Waals surface area (Å²) in [7, 11) is -3.81. The quantitative estimate of drug-likeness (QED) is 0.234. The van der Waals surface area contributed by atoms with Crippen molar-refractivity contribution in [3.63, 3.8) is 0 Å². The number of nitrogens with one attached hydrogen (secondary N) is 2. The molecule has 4 aromatic carbocycles. The van der Waals surface area contributed by atoms with E-state index in [0.717, 1.165) is 11.1 Å². The maximum absolute atomic E-state index is 12.8. The van der Waals surface area contributed by atoms with Crippen molar-refractivity contribution < 1.29 is 8.42 Å². The molecule has 0 spiro atoms. The third kappa shape index (κ3) is 5.34. The van der Waals surface area contributed by atoms with Crippen LogP contribution in [-0.4, -0.2) is 18.6 Å². The Labute approximate surface area is 225 Å². The maximum Gasteiger partial charge on any atom is 0.261 e. The second-order valence-corrected chi connectivity index (χ2v) is 10.4. The molecule has 0 aliphatic heterocycles. The number of hydrogen-bond acceptors (Lipinski definition) is 6. The fourth-order valence-corrected chi connectivity index (χ4v) is 5.09. The number of sulfonamides is 1. The summed E-state index contributed by atoms with van der Waals surface area (Å²) in [4.78, 5) is 0.0778. The summed E-state index contributed by atoms with van der Waals surface area (Å²) in [5.41, 5.74) is 4.19. The van der Waals surface area contributed by atoms with Crippen LogP contribution in [0.5, 0.6) is 0 Å². The zero-order valence-electron chi connectivity index (χ0n) is 19.8. The Morgan fingerprint density at radius 1 is 0.711 bits per heavy atom. The lowest BCUT2D eigenvalue weighted by Gasteiger charge is -2.15. The van der Waals surface area contributed by atoms with Crippen LogP contribution in [0.25, 0.3) is 22.4 Å². The normalized spacial score (nSPS) is 10.9. The molecule has 0 amide bonds. The van der Waals surface area contributed by atoms with Crippen LogP contribution in [0, 0.1) is 11.3 Å². The molecular weight excluding hydrogens is 518 g/mol. The maximum atomic E-state index is 12.8. The van der Waals surface area contributed by atoms with Crippen LogP contribution in [0.1, 0.15) is 5.56 Å². The van der Waals surface area contributed by atoms with Crippen molar-refractivity contribution >= 4 is 38.8 Å². The minimum absolute atomic E-state index is 0.0778. The Balaban J connectivity index is 1.48. The van der Waals surface area contributed by atoms with Crippen molar-refractivity contribution in [2.45, 2.75) is 4.90 Å². The van der Waals surface area contributed by atoms with Crippen LogP contribution < -0.4 is 10.0 Å². The molecule has 0 aliphatic rings. The molecule has 1 aromatic heterocycles. The Kier molecular flexibility index (Phi) is 7.05. The second kappa shape index (κ2) is 10.7. The number of nitrogens with zero attached hydrogens (tertiary/aromatic N) is 3. The van der Waals surface area contributed by atoms with Gasteiger partial charge in [0.15, 0.2) is 5.82 Å². The molecule has 0 aliphatic carbocycles. The highest BCUT2D eigenvalue weighted by Crippen LogP contribution is 2.36. The van der Waals surface area contributed by atoms with Crippen LogP contribution in [-0.2, 0) is 10.0 Å². The minimum Gasteiger partial charge on any atom is -0.338 e. The number of anilines is 3. The third-order valence-electron chi connectivity index (χ3n) is 5.72. The smallest absolute Gasteiger partial charge is 0.261 e. The van der Waals surface area contributed by atoms with Crippen molar-refractivity contribution in [2.75, 3.05) is 10.0 Å². The molecule has 0 unspecified atom stereocenters. The van der Waals surface area contributed by atoms with Crippen molar-refractivity contribution in [3.8, 4) is 28.5 Å². The van der Waals surface area contributed by atoms with Crippen molar-refractivity contribution in [1.29, 1.82) is 5.26 Å². The zero-order valence-corrected chi connectivity index (χ0v) is 21.4. The van der Waals surface area contributed by atoms with E-state index in [1.807, 2.05) is 60.7 Å².